The summed E-state index contributed by atoms with van der Waals surface area (Å²) < 4.78 is 39.6. The van der Waals surface area contributed by atoms with Crippen molar-refractivity contribution in [1.29, 1.82) is 0 Å². The molecule has 3 saturated heterocycles. The molecule has 0 saturated carbocycles. The Labute approximate surface area is 287 Å². The second-order valence-electron chi connectivity index (χ2n) is 15.2. The van der Waals surface area contributed by atoms with Crippen LogP contribution in [-0.4, -0.2) is 103 Å². The molecule has 0 aromatic heterocycles. The number of fused-ring (bicyclic) bond motifs is 5. The molecule has 9 nitrogen and oxygen atoms in total. The molecule has 1 aromatic carbocycles. The van der Waals surface area contributed by atoms with Gasteiger partial charge in [0.05, 0.1) is 35.9 Å². The Morgan fingerprint density at radius 2 is 1.79 bits per heavy atom. The summed E-state index contributed by atoms with van der Waals surface area (Å²) in [6.45, 7) is 13.9. The molecule has 9 heteroatoms. The summed E-state index contributed by atoms with van der Waals surface area (Å²) in [7, 11) is 5.75. The van der Waals surface area contributed by atoms with Crippen LogP contribution in [0.1, 0.15) is 79.7 Å². The van der Waals surface area contributed by atoms with Crippen LogP contribution in [0.3, 0.4) is 0 Å². The van der Waals surface area contributed by atoms with Gasteiger partial charge >= 0.3 is 5.97 Å². The Morgan fingerprint density at radius 1 is 1.08 bits per heavy atom. The number of esters is 1. The number of cyclic esters (lactones) is 1. The zero-order chi connectivity index (χ0) is 35.0. The van der Waals surface area contributed by atoms with Crippen molar-refractivity contribution in [1.82, 2.24) is 4.90 Å². The van der Waals surface area contributed by atoms with Crippen LogP contribution in [0.25, 0.3) is 0 Å². The Bertz CT molecular complexity index is 1360. The van der Waals surface area contributed by atoms with E-state index >= 15 is 0 Å². The van der Waals surface area contributed by atoms with Crippen LogP contribution in [0, 0.1) is 29.6 Å². The van der Waals surface area contributed by atoms with Gasteiger partial charge in [0.2, 0.25) is 0 Å². The molecule has 0 aliphatic carbocycles. The topological polar surface area (TPSA) is 95.9 Å². The maximum atomic E-state index is 13.7. The predicted octanol–water partition coefficient (Wildman–Crippen LogP) is 5.13. The van der Waals surface area contributed by atoms with Gasteiger partial charge in [-0.2, -0.15) is 0 Å². The van der Waals surface area contributed by atoms with Gasteiger partial charge in [-0.3, -0.25) is 4.79 Å². The largest absolute Gasteiger partial charge is 0.459 e. The average molecular weight is 668 g/mol. The standard InChI is InChI=1S/C39H57NO8/c1-11-30-38(6)22-28(19-15-18-27-16-13-12-14-17-27)33(48-38)32-23(2)21-39(7,47-32)35(25(4)31(41)26(5)36(42)45-30)46-37-34(43-10)29(40(8)9)20-24(3)44-37/h12-14,16-17,22-26,29-35,37,41H,11,19-21H2,1-10H3/t23-,24?,25?,26?,29?,30?,31?,32?,33?,34-,35-,37?,38?,39+/m1/s1. The molecule has 266 valence electrons. The quantitative estimate of drug-likeness (QED) is 0.252. The third-order valence-corrected chi connectivity index (χ3v) is 11.1. The minimum absolute atomic E-state index is 0.0665. The molecule has 4 aliphatic heterocycles. The van der Waals surface area contributed by atoms with Gasteiger partial charge in [0.25, 0.3) is 0 Å². The van der Waals surface area contributed by atoms with E-state index in [1.165, 1.54) is 0 Å². The lowest BCUT2D eigenvalue weighted by Gasteiger charge is -2.47. The van der Waals surface area contributed by atoms with Crippen molar-refractivity contribution in [2.75, 3.05) is 21.2 Å². The molecular weight excluding hydrogens is 610 g/mol. The fourth-order valence-corrected chi connectivity index (χ4v) is 8.47. The molecule has 1 aromatic rings. The average Bonchev–Trinajstić information content (AvgIpc) is 3.56. The van der Waals surface area contributed by atoms with Crippen molar-refractivity contribution >= 4 is 5.97 Å². The molecule has 3 fully saturated rings. The molecule has 4 heterocycles. The van der Waals surface area contributed by atoms with Crippen molar-refractivity contribution in [3.05, 3.63) is 47.5 Å². The summed E-state index contributed by atoms with van der Waals surface area (Å²) in [6, 6.07) is 9.99. The Balaban J connectivity index is 1.54. The number of likely N-dealkylation sites (N-methyl/N-ethyl adjacent to an activating group) is 1. The molecule has 1 N–H and O–H groups in total. The van der Waals surface area contributed by atoms with Gasteiger partial charge < -0.3 is 38.4 Å². The summed E-state index contributed by atoms with van der Waals surface area (Å²) in [6.07, 6.45) is 0.442. The van der Waals surface area contributed by atoms with Crippen molar-refractivity contribution in [2.24, 2.45) is 17.8 Å². The van der Waals surface area contributed by atoms with E-state index in [1.807, 2.05) is 72.1 Å². The van der Waals surface area contributed by atoms with E-state index in [4.69, 9.17) is 28.4 Å². The predicted molar refractivity (Wildman–Crippen MR) is 183 cm³/mol. The third kappa shape index (κ3) is 7.41. The van der Waals surface area contributed by atoms with Crippen molar-refractivity contribution < 1.29 is 38.3 Å². The second-order valence-corrected chi connectivity index (χ2v) is 15.2. The molecule has 0 amide bonds. The van der Waals surface area contributed by atoms with E-state index in [-0.39, 0.29) is 30.3 Å². The number of nitrogens with zero attached hydrogens (tertiary/aromatic N) is 1. The number of ether oxygens (including phenoxy) is 6. The van der Waals surface area contributed by atoms with Gasteiger partial charge in [0.15, 0.2) is 6.29 Å². The lowest BCUT2D eigenvalue weighted by Crippen LogP contribution is -2.59. The molecule has 4 bridgehead atoms. The molecule has 14 atom stereocenters. The lowest BCUT2D eigenvalue weighted by molar-refractivity contribution is -0.305. The summed E-state index contributed by atoms with van der Waals surface area (Å²) in [5, 5.41) is 11.8. The normalized spacial score (nSPS) is 43.3. The molecule has 0 spiro atoms. The fraction of sp³-hybridized carbons (Fsp3) is 0.718. The highest BCUT2D eigenvalue weighted by Gasteiger charge is 2.58. The molecular formula is C39H57NO8. The molecule has 5 rings (SSSR count). The lowest BCUT2D eigenvalue weighted by atomic mass is 9.78. The first-order valence-electron chi connectivity index (χ1n) is 17.7. The molecule has 0 radical (unpaired) electrons. The molecule has 4 aliphatic rings. The van der Waals surface area contributed by atoms with Gasteiger partial charge in [-0.05, 0) is 90.8 Å². The van der Waals surface area contributed by atoms with Crippen LogP contribution in [-0.2, 0) is 33.2 Å². The smallest absolute Gasteiger partial charge is 0.311 e. The number of hydrogen-bond donors (Lipinski definition) is 1. The van der Waals surface area contributed by atoms with E-state index < -0.39 is 59.7 Å². The first kappa shape index (κ1) is 37.0. The van der Waals surface area contributed by atoms with Crippen molar-refractivity contribution in [2.45, 2.75) is 140 Å². The third-order valence-electron chi connectivity index (χ3n) is 11.1. The first-order valence-corrected chi connectivity index (χ1v) is 17.7. The highest BCUT2D eigenvalue weighted by molar-refractivity contribution is 5.73. The number of benzene rings is 1. The summed E-state index contributed by atoms with van der Waals surface area (Å²) in [5.74, 6) is 4.93. The van der Waals surface area contributed by atoms with Crippen molar-refractivity contribution in [3.63, 3.8) is 0 Å². The SMILES string of the molecule is CCC1OC(=O)C(C)C(O)C(C)[C@@H](OC2OC(C)CC(N(C)C)[C@H]2OC)[C@]2(C)C[C@@H](C)C(O2)C2OC1(C)C=C2CC#Cc1ccccc1. The van der Waals surface area contributed by atoms with Crippen LogP contribution >= 0.6 is 0 Å². The first-order chi connectivity index (χ1) is 22.7. The van der Waals surface area contributed by atoms with E-state index in [2.05, 4.69) is 36.7 Å². The fourth-order valence-electron chi connectivity index (χ4n) is 8.47. The number of methoxy groups -OCH3 is 1. The Morgan fingerprint density at radius 3 is 2.44 bits per heavy atom. The second kappa shape index (κ2) is 14.9. The number of carbonyl (C=O) groups excluding carboxylic acids is 1. The van der Waals surface area contributed by atoms with E-state index in [0.717, 1.165) is 17.6 Å². The van der Waals surface area contributed by atoms with Crippen LogP contribution in [0.2, 0.25) is 0 Å². The minimum atomic E-state index is -1.06. The number of aliphatic hydroxyl groups excluding tert-OH is 1. The Hall–Kier alpha value is -2.29. The Kier molecular flexibility index (Phi) is 11.5. The summed E-state index contributed by atoms with van der Waals surface area (Å²) >= 11 is 0. The number of carbonyl (C=O) groups is 1. The van der Waals surface area contributed by atoms with E-state index in [1.54, 1.807) is 14.0 Å². The zero-order valence-electron chi connectivity index (χ0n) is 30.5. The monoisotopic (exact) mass is 667 g/mol. The van der Waals surface area contributed by atoms with Gasteiger partial charge in [-0.1, -0.05) is 50.8 Å². The van der Waals surface area contributed by atoms with Gasteiger partial charge in [0.1, 0.15) is 23.9 Å². The zero-order valence-corrected chi connectivity index (χ0v) is 30.5. The van der Waals surface area contributed by atoms with E-state index in [9.17, 15) is 9.90 Å². The number of hydrogen-bond acceptors (Lipinski definition) is 9. The maximum Gasteiger partial charge on any atom is 0.311 e. The van der Waals surface area contributed by atoms with Gasteiger partial charge in [0, 0.05) is 31.1 Å². The summed E-state index contributed by atoms with van der Waals surface area (Å²) in [4.78, 5) is 15.9. The van der Waals surface area contributed by atoms with Crippen LogP contribution in [0.4, 0.5) is 0 Å². The number of aliphatic hydroxyl groups is 1. The van der Waals surface area contributed by atoms with Crippen molar-refractivity contribution in [3.8, 4) is 11.8 Å². The minimum Gasteiger partial charge on any atom is -0.459 e. The molecule has 10 unspecified atom stereocenters. The molecule has 48 heavy (non-hydrogen) atoms. The summed E-state index contributed by atoms with van der Waals surface area (Å²) in [5.41, 5.74) is 0.236. The van der Waals surface area contributed by atoms with Crippen LogP contribution in [0.15, 0.2) is 42.0 Å². The maximum absolute atomic E-state index is 13.7. The van der Waals surface area contributed by atoms with E-state index in [0.29, 0.717) is 19.3 Å². The number of rotatable bonds is 6. The van der Waals surface area contributed by atoms with Gasteiger partial charge in [-0.15, -0.1) is 0 Å². The van der Waals surface area contributed by atoms with Crippen LogP contribution in [0.5, 0.6) is 0 Å². The highest BCUT2D eigenvalue weighted by atomic mass is 16.7. The van der Waals surface area contributed by atoms with Crippen LogP contribution < -0.4 is 0 Å². The van der Waals surface area contributed by atoms with Gasteiger partial charge in [-0.25, -0.2) is 0 Å². The highest BCUT2D eigenvalue weighted by Crippen LogP contribution is 2.49.